The first-order valence-corrected chi connectivity index (χ1v) is 5.58. The number of fused-ring (bicyclic) bond motifs is 3. The number of hydrogen-bond acceptors (Lipinski definition) is 3. The second kappa shape index (κ2) is 3.42. The standard InChI is InChI=1S/C12H16N2O/c13-9-5-6-14-10(7-9)8-15-12-4-2-1-3-11(12)14/h1-4,9-10H,5-8,13H2. The van der Waals surface area contributed by atoms with E-state index in [1.54, 1.807) is 0 Å². The molecule has 2 aliphatic rings. The van der Waals surface area contributed by atoms with Crippen molar-refractivity contribution >= 4 is 5.69 Å². The van der Waals surface area contributed by atoms with E-state index in [9.17, 15) is 0 Å². The van der Waals surface area contributed by atoms with E-state index in [4.69, 9.17) is 10.5 Å². The molecule has 0 spiro atoms. The number of hydrogen-bond donors (Lipinski definition) is 1. The number of para-hydroxylation sites is 2. The average molecular weight is 204 g/mol. The predicted octanol–water partition coefficient (Wildman–Crippen LogP) is 1.38. The Morgan fingerprint density at radius 1 is 1.33 bits per heavy atom. The Balaban J connectivity index is 1.93. The van der Waals surface area contributed by atoms with Crippen molar-refractivity contribution in [1.29, 1.82) is 0 Å². The average Bonchev–Trinajstić information content (AvgIpc) is 2.28. The molecule has 2 N–H and O–H groups in total. The van der Waals surface area contributed by atoms with Gasteiger partial charge in [-0.3, -0.25) is 0 Å². The highest BCUT2D eigenvalue weighted by Crippen LogP contribution is 2.36. The molecular weight excluding hydrogens is 188 g/mol. The van der Waals surface area contributed by atoms with Crippen LogP contribution in [0.15, 0.2) is 24.3 Å². The van der Waals surface area contributed by atoms with Crippen molar-refractivity contribution in [3.05, 3.63) is 24.3 Å². The highest BCUT2D eigenvalue weighted by atomic mass is 16.5. The Kier molecular flexibility index (Phi) is 2.06. The van der Waals surface area contributed by atoms with Crippen LogP contribution >= 0.6 is 0 Å². The monoisotopic (exact) mass is 204 g/mol. The lowest BCUT2D eigenvalue weighted by Gasteiger charge is -2.43. The zero-order valence-corrected chi connectivity index (χ0v) is 8.73. The minimum absolute atomic E-state index is 0.347. The summed E-state index contributed by atoms with van der Waals surface area (Å²) in [7, 11) is 0. The van der Waals surface area contributed by atoms with E-state index in [1.165, 1.54) is 5.69 Å². The summed E-state index contributed by atoms with van der Waals surface area (Å²) in [5.41, 5.74) is 7.22. The molecule has 15 heavy (non-hydrogen) atoms. The van der Waals surface area contributed by atoms with Crippen LogP contribution in [0.2, 0.25) is 0 Å². The van der Waals surface area contributed by atoms with E-state index in [1.807, 2.05) is 12.1 Å². The second-order valence-corrected chi connectivity index (χ2v) is 4.41. The summed E-state index contributed by atoms with van der Waals surface area (Å²) in [4.78, 5) is 2.45. The second-order valence-electron chi connectivity index (χ2n) is 4.41. The molecule has 2 aliphatic heterocycles. The van der Waals surface area contributed by atoms with Gasteiger partial charge in [0.25, 0.3) is 0 Å². The van der Waals surface area contributed by atoms with Gasteiger partial charge in [0.15, 0.2) is 0 Å². The minimum atomic E-state index is 0.347. The Hall–Kier alpha value is -1.22. The van der Waals surface area contributed by atoms with Crippen LogP contribution in [0.1, 0.15) is 12.8 Å². The number of rotatable bonds is 0. The first-order chi connectivity index (χ1) is 7.34. The number of ether oxygens (including phenoxy) is 1. The summed E-state index contributed by atoms with van der Waals surface area (Å²) in [5, 5.41) is 0. The first-order valence-electron chi connectivity index (χ1n) is 5.58. The zero-order chi connectivity index (χ0) is 10.3. The van der Waals surface area contributed by atoms with Gasteiger partial charge >= 0.3 is 0 Å². The summed E-state index contributed by atoms with van der Waals surface area (Å²) >= 11 is 0. The fourth-order valence-corrected chi connectivity index (χ4v) is 2.56. The van der Waals surface area contributed by atoms with Gasteiger partial charge in [-0.2, -0.15) is 0 Å². The summed E-state index contributed by atoms with van der Waals surface area (Å²) in [5.74, 6) is 1.02. The molecule has 2 atom stereocenters. The van der Waals surface area contributed by atoms with Gasteiger partial charge in [0.2, 0.25) is 0 Å². The van der Waals surface area contributed by atoms with Gasteiger partial charge in [0.1, 0.15) is 12.4 Å². The van der Waals surface area contributed by atoms with Crippen molar-refractivity contribution in [2.45, 2.75) is 24.9 Å². The van der Waals surface area contributed by atoms with E-state index >= 15 is 0 Å². The molecule has 80 valence electrons. The molecule has 0 aromatic heterocycles. The van der Waals surface area contributed by atoms with Gasteiger partial charge in [-0.25, -0.2) is 0 Å². The van der Waals surface area contributed by atoms with Crippen LogP contribution < -0.4 is 15.4 Å². The molecule has 1 aromatic carbocycles. The number of piperidine rings is 1. The van der Waals surface area contributed by atoms with E-state index < -0.39 is 0 Å². The lowest BCUT2D eigenvalue weighted by Crippen LogP contribution is -2.51. The molecule has 3 nitrogen and oxygen atoms in total. The van der Waals surface area contributed by atoms with Crippen LogP contribution in [0.3, 0.4) is 0 Å². The SMILES string of the molecule is NC1CCN2c3ccccc3OCC2C1. The van der Waals surface area contributed by atoms with Crippen molar-refractivity contribution in [2.24, 2.45) is 5.73 Å². The molecule has 1 fully saturated rings. The van der Waals surface area contributed by atoms with Gasteiger partial charge in [0, 0.05) is 12.6 Å². The molecule has 1 saturated heterocycles. The van der Waals surface area contributed by atoms with Crippen molar-refractivity contribution in [2.75, 3.05) is 18.1 Å². The molecular formula is C12H16N2O. The molecule has 0 amide bonds. The van der Waals surface area contributed by atoms with Crippen LogP contribution in [0, 0.1) is 0 Å². The number of benzene rings is 1. The topological polar surface area (TPSA) is 38.5 Å². The third-order valence-electron chi connectivity index (χ3n) is 3.36. The van der Waals surface area contributed by atoms with Crippen molar-refractivity contribution < 1.29 is 4.74 Å². The van der Waals surface area contributed by atoms with E-state index in [0.29, 0.717) is 12.1 Å². The van der Waals surface area contributed by atoms with Crippen LogP contribution in [-0.4, -0.2) is 25.2 Å². The molecule has 0 saturated carbocycles. The minimum Gasteiger partial charge on any atom is -0.489 e. The lowest BCUT2D eigenvalue weighted by molar-refractivity contribution is 0.231. The fraction of sp³-hybridized carbons (Fsp3) is 0.500. The van der Waals surface area contributed by atoms with Gasteiger partial charge in [-0.1, -0.05) is 12.1 Å². The molecule has 2 unspecified atom stereocenters. The van der Waals surface area contributed by atoms with Crippen molar-refractivity contribution in [3.8, 4) is 5.75 Å². The lowest BCUT2D eigenvalue weighted by atomic mass is 9.96. The molecule has 0 bridgehead atoms. The fourth-order valence-electron chi connectivity index (χ4n) is 2.56. The number of nitrogens with zero attached hydrogens (tertiary/aromatic N) is 1. The normalized spacial score (nSPS) is 29.0. The van der Waals surface area contributed by atoms with Crippen LogP contribution in [0.4, 0.5) is 5.69 Å². The predicted molar refractivity (Wildman–Crippen MR) is 60.3 cm³/mol. The quantitative estimate of drug-likeness (QED) is 0.693. The van der Waals surface area contributed by atoms with E-state index in [-0.39, 0.29) is 0 Å². The van der Waals surface area contributed by atoms with E-state index in [2.05, 4.69) is 17.0 Å². The Bertz CT molecular complexity index is 366. The van der Waals surface area contributed by atoms with Crippen molar-refractivity contribution in [3.63, 3.8) is 0 Å². The third-order valence-corrected chi connectivity index (χ3v) is 3.36. The largest absolute Gasteiger partial charge is 0.489 e. The first kappa shape index (κ1) is 9.04. The highest BCUT2D eigenvalue weighted by molar-refractivity contribution is 5.60. The molecule has 0 aliphatic carbocycles. The highest BCUT2D eigenvalue weighted by Gasteiger charge is 2.31. The summed E-state index contributed by atoms with van der Waals surface area (Å²) in [6.45, 7) is 1.84. The maximum atomic E-state index is 5.98. The van der Waals surface area contributed by atoms with Gasteiger partial charge in [-0.15, -0.1) is 0 Å². The van der Waals surface area contributed by atoms with Crippen LogP contribution in [0.5, 0.6) is 5.75 Å². The number of anilines is 1. The summed E-state index contributed by atoms with van der Waals surface area (Å²) in [6, 6.07) is 9.09. The summed E-state index contributed by atoms with van der Waals surface area (Å²) < 4.78 is 5.74. The molecule has 0 radical (unpaired) electrons. The Morgan fingerprint density at radius 2 is 2.20 bits per heavy atom. The number of nitrogens with two attached hydrogens (primary N) is 1. The Morgan fingerprint density at radius 3 is 3.13 bits per heavy atom. The van der Waals surface area contributed by atoms with E-state index in [0.717, 1.165) is 31.7 Å². The summed E-state index contributed by atoms with van der Waals surface area (Å²) in [6.07, 6.45) is 2.14. The molecule has 3 heteroatoms. The zero-order valence-electron chi connectivity index (χ0n) is 8.73. The molecule has 3 rings (SSSR count). The maximum Gasteiger partial charge on any atom is 0.142 e. The van der Waals surface area contributed by atoms with Gasteiger partial charge < -0.3 is 15.4 Å². The smallest absolute Gasteiger partial charge is 0.142 e. The van der Waals surface area contributed by atoms with Crippen molar-refractivity contribution in [1.82, 2.24) is 0 Å². The third kappa shape index (κ3) is 1.47. The molecule has 1 aromatic rings. The molecule has 2 heterocycles. The van der Waals surface area contributed by atoms with Crippen LogP contribution in [-0.2, 0) is 0 Å². The maximum absolute atomic E-state index is 5.98. The van der Waals surface area contributed by atoms with Gasteiger partial charge in [0.05, 0.1) is 11.7 Å². The van der Waals surface area contributed by atoms with Gasteiger partial charge in [-0.05, 0) is 25.0 Å². The van der Waals surface area contributed by atoms with Crippen LogP contribution in [0.25, 0.3) is 0 Å². The Labute approximate surface area is 89.8 Å².